The smallest absolute Gasteiger partial charge is 0.262 e. The number of aromatic nitrogens is 1. The number of fused-ring (bicyclic) bond motifs is 1. The summed E-state index contributed by atoms with van der Waals surface area (Å²) in [7, 11) is 0. The van der Waals surface area contributed by atoms with Gasteiger partial charge in [-0.2, -0.15) is 0 Å². The molecule has 0 radical (unpaired) electrons. The molecule has 0 spiro atoms. The van der Waals surface area contributed by atoms with Crippen LogP contribution in [0.4, 0.5) is 5.69 Å². The molecule has 1 amide bonds. The third-order valence-corrected chi connectivity index (χ3v) is 4.64. The molecular weight excluding hydrogens is 364 g/mol. The van der Waals surface area contributed by atoms with Gasteiger partial charge in [-0.25, -0.2) is 4.98 Å². The zero-order chi connectivity index (χ0) is 20.2. The molecule has 0 aliphatic carbocycles. The van der Waals surface area contributed by atoms with E-state index in [0.717, 1.165) is 28.6 Å². The van der Waals surface area contributed by atoms with E-state index in [1.807, 2.05) is 73.7 Å². The van der Waals surface area contributed by atoms with Crippen molar-refractivity contribution >= 4 is 22.7 Å². The summed E-state index contributed by atoms with van der Waals surface area (Å²) >= 11 is 0. The van der Waals surface area contributed by atoms with Crippen LogP contribution in [-0.2, 0) is 11.2 Å². The van der Waals surface area contributed by atoms with Crippen LogP contribution in [0, 0.1) is 6.92 Å². The minimum absolute atomic E-state index is 0.0577. The Kier molecular flexibility index (Phi) is 5.29. The van der Waals surface area contributed by atoms with Crippen molar-refractivity contribution < 1.29 is 13.9 Å². The summed E-state index contributed by atoms with van der Waals surface area (Å²) in [6.07, 6.45) is 0.969. The molecule has 1 N–H and O–H groups in total. The van der Waals surface area contributed by atoms with Crippen molar-refractivity contribution in [3.8, 4) is 17.2 Å². The van der Waals surface area contributed by atoms with Gasteiger partial charge in [0.25, 0.3) is 5.91 Å². The average molecular weight is 386 g/mol. The lowest BCUT2D eigenvalue weighted by atomic mass is 10.2. The molecule has 0 saturated carbocycles. The predicted octanol–water partition coefficient (Wildman–Crippen LogP) is 5.38. The van der Waals surface area contributed by atoms with Crippen LogP contribution in [0.1, 0.15) is 18.1 Å². The monoisotopic (exact) mass is 386 g/mol. The molecule has 5 nitrogen and oxygen atoms in total. The van der Waals surface area contributed by atoms with E-state index in [0.29, 0.717) is 17.3 Å². The van der Waals surface area contributed by atoms with Gasteiger partial charge < -0.3 is 14.5 Å². The van der Waals surface area contributed by atoms with Gasteiger partial charge >= 0.3 is 0 Å². The molecule has 146 valence electrons. The van der Waals surface area contributed by atoms with Crippen LogP contribution in [0.15, 0.2) is 71.1 Å². The fraction of sp³-hybridized carbons (Fsp3) is 0.167. The molecule has 0 bridgehead atoms. The Hall–Kier alpha value is -3.60. The highest BCUT2D eigenvalue weighted by Gasteiger charge is 2.10. The summed E-state index contributed by atoms with van der Waals surface area (Å²) in [5, 5.41) is 2.85. The minimum atomic E-state index is -0.227. The zero-order valence-corrected chi connectivity index (χ0v) is 16.4. The number of nitrogens with zero attached hydrogens (tertiary/aromatic N) is 1. The first-order valence-electron chi connectivity index (χ1n) is 9.60. The highest BCUT2D eigenvalue weighted by Crippen LogP contribution is 2.26. The first kappa shape index (κ1) is 18.7. The number of rotatable bonds is 6. The van der Waals surface area contributed by atoms with Crippen LogP contribution < -0.4 is 10.1 Å². The van der Waals surface area contributed by atoms with Crippen LogP contribution in [0.2, 0.25) is 0 Å². The molecule has 29 heavy (non-hydrogen) atoms. The Bertz CT molecular complexity index is 1150. The highest BCUT2D eigenvalue weighted by atomic mass is 16.5. The van der Waals surface area contributed by atoms with Gasteiger partial charge in [0.05, 0.1) is 0 Å². The van der Waals surface area contributed by atoms with Crippen molar-refractivity contribution in [2.75, 3.05) is 11.9 Å². The van der Waals surface area contributed by atoms with Gasteiger partial charge in [-0.15, -0.1) is 0 Å². The number of carbonyl (C=O) groups is 1. The Morgan fingerprint density at radius 1 is 1.07 bits per heavy atom. The van der Waals surface area contributed by atoms with E-state index in [-0.39, 0.29) is 12.5 Å². The van der Waals surface area contributed by atoms with Crippen LogP contribution in [-0.4, -0.2) is 17.5 Å². The summed E-state index contributed by atoms with van der Waals surface area (Å²) in [6.45, 7) is 4.05. The number of anilines is 1. The fourth-order valence-electron chi connectivity index (χ4n) is 3.05. The van der Waals surface area contributed by atoms with E-state index < -0.39 is 0 Å². The van der Waals surface area contributed by atoms with Gasteiger partial charge in [0.1, 0.15) is 11.3 Å². The van der Waals surface area contributed by atoms with Crippen LogP contribution >= 0.6 is 0 Å². The van der Waals surface area contributed by atoms with Gasteiger partial charge in [0, 0.05) is 11.3 Å². The number of aryl methyl sites for hydroxylation is 2. The van der Waals surface area contributed by atoms with Crippen molar-refractivity contribution in [2.24, 2.45) is 0 Å². The molecular formula is C24H22N2O3. The van der Waals surface area contributed by atoms with Crippen LogP contribution in [0.5, 0.6) is 5.75 Å². The fourth-order valence-corrected chi connectivity index (χ4v) is 3.05. The predicted molar refractivity (Wildman–Crippen MR) is 114 cm³/mol. The first-order valence-corrected chi connectivity index (χ1v) is 9.60. The standard InChI is InChI=1S/C24H22N2O3/c1-3-17-8-10-20(11-9-17)28-15-23(27)25-19-6-4-5-18(14-19)24-26-21-12-7-16(2)13-22(21)29-24/h4-14H,3,15H2,1-2H3,(H,25,27). The zero-order valence-electron chi connectivity index (χ0n) is 16.4. The third kappa shape index (κ3) is 4.46. The quantitative estimate of drug-likeness (QED) is 0.483. The molecule has 5 heteroatoms. The summed E-state index contributed by atoms with van der Waals surface area (Å²) < 4.78 is 11.4. The Morgan fingerprint density at radius 3 is 2.69 bits per heavy atom. The molecule has 0 saturated heterocycles. The normalized spacial score (nSPS) is 10.8. The SMILES string of the molecule is CCc1ccc(OCC(=O)Nc2cccc(-c3nc4ccc(C)cc4o3)c2)cc1. The van der Waals surface area contributed by atoms with E-state index in [4.69, 9.17) is 9.15 Å². The lowest BCUT2D eigenvalue weighted by Crippen LogP contribution is -2.20. The van der Waals surface area contributed by atoms with Crippen molar-refractivity contribution in [3.05, 3.63) is 77.9 Å². The maximum absolute atomic E-state index is 12.3. The van der Waals surface area contributed by atoms with Crippen molar-refractivity contribution in [2.45, 2.75) is 20.3 Å². The highest BCUT2D eigenvalue weighted by molar-refractivity contribution is 5.92. The summed E-state index contributed by atoms with van der Waals surface area (Å²) in [5.41, 5.74) is 5.36. The molecule has 3 aromatic carbocycles. The second kappa shape index (κ2) is 8.19. The van der Waals surface area contributed by atoms with Crippen LogP contribution in [0.25, 0.3) is 22.6 Å². The van der Waals surface area contributed by atoms with Crippen molar-refractivity contribution in [1.82, 2.24) is 4.98 Å². The van der Waals surface area contributed by atoms with Crippen molar-refractivity contribution in [3.63, 3.8) is 0 Å². The average Bonchev–Trinajstić information content (AvgIpc) is 3.16. The number of ether oxygens (including phenoxy) is 1. The number of hydrogen-bond acceptors (Lipinski definition) is 4. The third-order valence-electron chi connectivity index (χ3n) is 4.64. The minimum Gasteiger partial charge on any atom is -0.484 e. The largest absolute Gasteiger partial charge is 0.484 e. The maximum Gasteiger partial charge on any atom is 0.262 e. The molecule has 4 rings (SSSR count). The van der Waals surface area contributed by atoms with Gasteiger partial charge in [0.15, 0.2) is 12.2 Å². The maximum atomic E-state index is 12.3. The summed E-state index contributed by atoms with van der Waals surface area (Å²) in [6, 6.07) is 21.1. The van der Waals surface area contributed by atoms with Gasteiger partial charge in [0.2, 0.25) is 5.89 Å². The Balaban J connectivity index is 1.43. The second-order valence-electron chi connectivity index (χ2n) is 6.91. The van der Waals surface area contributed by atoms with E-state index in [1.54, 1.807) is 0 Å². The Labute approximate surface area is 169 Å². The van der Waals surface area contributed by atoms with E-state index in [2.05, 4.69) is 17.2 Å². The number of carbonyl (C=O) groups excluding carboxylic acids is 1. The van der Waals surface area contributed by atoms with Gasteiger partial charge in [-0.05, 0) is 66.9 Å². The summed E-state index contributed by atoms with van der Waals surface area (Å²) in [5.74, 6) is 0.969. The number of oxazole rings is 1. The molecule has 0 fully saturated rings. The molecule has 0 aliphatic heterocycles. The molecule has 0 atom stereocenters. The molecule has 4 aromatic rings. The lowest BCUT2D eigenvalue weighted by Gasteiger charge is -2.08. The Morgan fingerprint density at radius 2 is 1.90 bits per heavy atom. The summed E-state index contributed by atoms with van der Waals surface area (Å²) in [4.78, 5) is 16.8. The molecule has 0 unspecified atom stereocenters. The van der Waals surface area contributed by atoms with Crippen LogP contribution in [0.3, 0.4) is 0 Å². The van der Waals surface area contributed by atoms with E-state index in [9.17, 15) is 4.79 Å². The number of nitrogens with one attached hydrogen (secondary N) is 1. The molecule has 1 heterocycles. The number of hydrogen-bond donors (Lipinski definition) is 1. The van der Waals surface area contributed by atoms with E-state index >= 15 is 0 Å². The van der Waals surface area contributed by atoms with Crippen molar-refractivity contribution in [1.29, 1.82) is 0 Å². The first-order chi connectivity index (χ1) is 14.1. The van der Waals surface area contributed by atoms with Gasteiger partial charge in [-0.1, -0.05) is 31.2 Å². The van der Waals surface area contributed by atoms with Gasteiger partial charge in [-0.3, -0.25) is 4.79 Å². The molecule has 1 aromatic heterocycles. The van der Waals surface area contributed by atoms with E-state index in [1.165, 1.54) is 5.56 Å². The number of amides is 1. The topological polar surface area (TPSA) is 64.4 Å². The molecule has 0 aliphatic rings. The second-order valence-corrected chi connectivity index (χ2v) is 6.91. The number of benzene rings is 3. The lowest BCUT2D eigenvalue weighted by molar-refractivity contribution is -0.118.